The first-order chi connectivity index (χ1) is 6.43. The second-order valence-electron chi connectivity index (χ2n) is 2.27. The summed E-state index contributed by atoms with van der Waals surface area (Å²) in [5.41, 5.74) is -0.913. The van der Waals surface area contributed by atoms with Crippen LogP contribution >= 0.6 is 11.6 Å². The number of nitrogens with zero attached hydrogens (tertiary/aromatic N) is 1. The van der Waals surface area contributed by atoms with Crippen LogP contribution in [0.4, 0.5) is 10.1 Å². The maximum Gasteiger partial charge on any atom is 0.306 e. The summed E-state index contributed by atoms with van der Waals surface area (Å²) in [6.07, 6.45) is 0. The number of nitro groups is 1. The van der Waals surface area contributed by atoms with Crippen LogP contribution in [0.5, 0.6) is 0 Å². The second-order valence-corrected chi connectivity index (χ2v) is 3.67. The van der Waals surface area contributed by atoms with Crippen LogP contribution in [0.25, 0.3) is 0 Å². The number of thiol groups is 1. The van der Waals surface area contributed by atoms with Crippen molar-refractivity contribution < 1.29 is 17.7 Å². The monoisotopic (exact) mass is 239 g/mol. The van der Waals surface area contributed by atoms with Crippen LogP contribution in [0.1, 0.15) is 0 Å². The minimum absolute atomic E-state index is 0.371. The molecule has 0 N–H and O–H groups in total. The summed E-state index contributed by atoms with van der Waals surface area (Å²) in [4.78, 5) is 8.75. The molecule has 0 aliphatic heterocycles. The fourth-order valence-electron chi connectivity index (χ4n) is 0.806. The quantitative estimate of drug-likeness (QED) is 0.480. The molecule has 1 rings (SSSR count). The molecule has 0 aliphatic rings. The summed E-state index contributed by atoms with van der Waals surface area (Å²) in [5, 5.41) is 9.86. The zero-order chi connectivity index (χ0) is 10.9. The molecule has 0 aliphatic carbocycles. The molecule has 0 fully saturated rings. The van der Waals surface area contributed by atoms with Gasteiger partial charge in [-0.05, 0) is 0 Å². The Morgan fingerprint density at radius 1 is 1.43 bits per heavy atom. The van der Waals surface area contributed by atoms with E-state index in [1.54, 1.807) is 0 Å². The molecule has 14 heavy (non-hydrogen) atoms. The van der Waals surface area contributed by atoms with Gasteiger partial charge < -0.3 is 0 Å². The molecule has 8 heteroatoms. The average molecular weight is 240 g/mol. The Hall–Kier alpha value is -1.21. The maximum absolute atomic E-state index is 12.8. The molecular weight excluding hydrogens is 237 g/mol. The molecule has 0 bridgehead atoms. The van der Waals surface area contributed by atoms with Gasteiger partial charge in [-0.15, -0.1) is 0 Å². The Kier molecular flexibility index (Phi) is 3.02. The van der Waals surface area contributed by atoms with E-state index in [4.69, 9.17) is 11.6 Å². The summed E-state index contributed by atoms with van der Waals surface area (Å²) in [5.74, 6) is -1.17. The normalized spacial score (nSPS) is 10.5. The number of hydrogen-bond donors (Lipinski definition) is 1. The first kappa shape index (κ1) is 10.9. The number of halogens is 2. The minimum Gasteiger partial charge on any atom is -0.258 e. The summed E-state index contributed by atoms with van der Waals surface area (Å²) in [6.45, 7) is 0. The van der Waals surface area contributed by atoms with Gasteiger partial charge in [0, 0.05) is 12.1 Å². The highest BCUT2D eigenvalue weighted by atomic mass is 35.5. The van der Waals surface area contributed by atoms with Crippen LogP contribution in [0, 0.1) is 15.9 Å². The Bertz CT molecular complexity index is 465. The maximum atomic E-state index is 12.8. The van der Waals surface area contributed by atoms with E-state index in [0.717, 1.165) is 0 Å². The summed E-state index contributed by atoms with van der Waals surface area (Å²) < 4.78 is 33.9. The Morgan fingerprint density at radius 3 is 2.43 bits per heavy atom. The van der Waals surface area contributed by atoms with Crippen LogP contribution < -0.4 is 0 Å². The van der Waals surface area contributed by atoms with E-state index in [-0.39, 0.29) is 5.02 Å². The molecule has 0 radical (unpaired) electrons. The fourth-order valence-corrected chi connectivity index (χ4v) is 1.63. The van der Waals surface area contributed by atoms with Gasteiger partial charge in [-0.3, -0.25) is 10.1 Å². The van der Waals surface area contributed by atoms with Crippen molar-refractivity contribution >= 4 is 28.0 Å². The lowest BCUT2D eigenvalue weighted by Crippen LogP contribution is -1.94. The average Bonchev–Trinajstić information content (AvgIpc) is 2.02. The van der Waals surface area contributed by atoms with Gasteiger partial charge in [-0.1, -0.05) is 11.6 Å². The van der Waals surface area contributed by atoms with Crippen molar-refractivity contribution in [2.45, 2.75) is 4.90 Å². The van der Waals surface area contributed by atoms with E-state index < -0.39 is 32.0 Å². The number of hydrogen-bond acceptors (Lipinski definition) is 4. The predicted octanol–water partition coefficient (Wildman–Crippen LogP) is 1.36. The molecule has 5 nitrogen and oxygen atoms in total. The van der Waals surface area contributed by atoms with Crippen molar-refractivity contribution in [2.24, 2.45) is 0 Å². The smallest absolute Gasteiger partial charge is 0.258 e. The summed E-state index contributed by atoms with van der Waals surface area (Å²) in [6, 6.07) is 1.18. The predicted molar refractivity (Wildman–Crippen MR) is 46.6 cm³/mol. The van der Waals surface area contributed by atoms with Crippen LogP contribution in [-0.2, 0) is 10.7 Å². The first-order valence-electron chi connectivity index (χ1n) is 3.21. The number of benzene rings is 1. The van der Waals surface area contributed by atoms with Gasteiger partial charge in [0.1, 0.15) is 0 Å². The number of nitro benzene ring substituents is 1. The molecule has 1 aromatic carbocycles. The molecule has 0 saturated heterocycles. The molecule has 1 aromatic rings. The molecular formula is C6H3ClFNO4S. The zero-order valence-electron chi connectivity index (χ0n) is 6.44. The van der Waals surface area contributed by atoms with Gasteiger partial charge in [0.2, 0.25) is 5.82 Å². The highest BCUT2D eigenvalue weighted by molar-refractivity contribution is 7.72. The van der Waals surface area contributed by atoms with Gasteiger partial charge in [0.05, 0.1) is 14.8 Å². The van der Waals surface area contributed by atoms with Crippen molar-refractivity contribution in [3.05, 3.63) is 33.1 Å². The summed E-state index contributed by atoms with van der Waals surface area (Å²) in [7, 11) is -3.07. The van der Waals surface area contributed by atoms with Crippen molar-refractivity contribution in [1.82, 2.24) is 0 Å². The van der Waals surface area contributed by atoms with Crippen LogP contribution in [-0.4, -0.2) is 13.3 Å². The first-order valence-corrected chi connectivity index (χ1v) is 4.77. The molecule has 0 unspecified atom stereocenters. The van der Waals surface area contributed by atoms with Gasteiger partial charge in [0.25, 0.3) is 0 Å². The molecule has 76 valence electrons. The molecule has 0 aromatic heterocycles. The van der Waals surface area contributed by atoms with Gasteiger partial charge in [-0.2, -0.15) is 4.39 Å². The van der Waals surface area contributed by atoms with Crippen molar-refractivity contribution in [1.29, 1.82) is 0 Å². The summed E-state index contributed by atoms with van der Waals surface area (Å²) >= 11 is 5.35. The van der Waals surface area contributed by atoms with E-state index >= 15 is 0 Å². The van der Waals surface area contributed by atoms with Crippen molar-refractivity contribution in [3.63, 3.8) is 0 Å². The third-order valence-corrected chi connectivity index (χ3v) is 2.62. The molecule has 0 heterocycles. The molecule has 0 amide bonds. The second kappa shape index (κ2) is 3.89. The molecule has 0 atom stereocenters. The van der Waals surface area contributed by atoms with E-state index in [1.807, 2.05) is 0 Å². The van der Waals surface area contributed by atoms with Crippen LogP contribution in [0.15, 0.2) is 17.0 Å². The lowest BCUT2D eigenvalue weighted by molar-refractivity contribution is -0.387. The SMILES string of the molecule is O=[N+]([O-])c1cc([SH](=O)=O)c(Cl)cc1F. The van der Waals surface area contributed by atoms with E-state index in [0.29, 0.717) is 12.1 Å². The molecule has 0 spiro atoms. The third kappa shape index (κ3) is 1.99. The van der Waals surface area contributed by atoms with Crippen LogP contribution in [0.3, 0.4) is 0 Å². The standard InChI is InChI=1S/C6H3ClFNO4S/c7-3-1-4(8)5(9(10)11)2-6(3)14(12)13/h1-2,14H. The zero-order valence-corrected chi connectivity index (χ0v) is 8.09. The largest absolute Gasteiger partial charge is 0.306 e. The Morgan fingerprint density at radius 2 is 2.00 bits per heavy atom. The van der Waals surface area contributed by atoms with E-state index in [1.165, 1.54) is 0 Å². The van der Waals surface area contributed by atoms with Gasteiger partial charge in [-0.25, -0.2) is 8.42 Å². The third-order valence-electron chi connectivity index (χ3n) is 1.41. The minimum atomic E-state index is -3.07. The van der Waals surface area contributed by atoms with Crippen LogP contribution in [0.2, 0.25) is 5.02 Å². The fraction of sp³-hybridized carbons (Fsp3) is 0. The van der Waals surface area contributed by atoms with Crippen molar-refractivity contribution in [2.75, 3.05) is 0 Å². The van der Waals surface area contributed by atoms with E-state index in [9.17, 15) is 22.9 Å². The Labute approximate surface area is 84.2 Å². The highest BCUT2D eigenvalue weighted by Gasteiger charge is 2.18. The van der Waals surface area contributed by atoms with E-state index in [2.05, 4.69) is 0 Å². The van der Waals surface area contributed by atoms with Gasteiger partial charge in [0.15, 0.2) is 10.7 Å². The highest BCUT2D eigenvalue weighted by Crippen LogP contribution is 2.26. The lowest BCUT2D eigenvalue weighted by Gasteiger charge is -1.97. The van der Waals surface area contributed by atoms with Crippen molar-refractivity contribution in [3.8, 4) is 0 Å². The van der Waals surface area contributed by atoms with Gasteiger partial charge >= 0.3 is 5.69 Å². The Balaban J connectivity index is 3.50. The number of rotatable bonds is 2. The topological polar surface area (TPSA) is 77.3 Å². The molecule has 0 saturated carbocycles. The lowest BCUT2D eigenvalue weighted by atomic mass is 10.3.